The fourth-order valence-electron chi connectivity index (χ4n) is 1.67. The molecule has 0 saturated heterocycles. The van der Waals surface area contributed by atoms with Crippen LogP contribution in [-0.4, -0.2) is 23.9 Å². The normalized spacial score (nSPS) is 11.1. The molecule has 0 saturated carbocycles. The van der Waals surface area contributed by atoms with Crippen molar-refractivity contribution in [3.63, 3.8) is 0 Å². The molecular formula is C14H18F2N2O2. The molecule has 1 aromatic rings. The minimum Gasteiger partial charge on any atom is -0.350 e. The van der Waals surface area contributed by atoms with Crippen LogP contribution in [0.5, 0.6) is 0 Å². The maximum Gasteiger partial charge on any atom is 0.240 e. The lowest BCUT2D eigenvalue weighted by molar-refractivity contribution is -0.124. The van der Waals surface area contributed by atoms with Crippen LogP contribution in [0.25, 0.3) is 0 Å². The minimum absolute atomic E-state index is 0.122. The van der Waals surface area contributed by atoms with E-state index in [1.165, 1.54) is 6.92 Å². The Morgan fingerprint density at radius 1 is 1.25 bits per heavy atom. The van der Waals surface area contributed by atoms with Gasteiger partial charge in [-0.15, -0.1) is 0 Å². The molecule has 110 valence electrons. The van der Waals surface area contributed by atoms with E-state index in [1.54, 1.807) is 20.8 Å². The molecule has 0 bridgehead atoms. The number of anilines is 1. The maximum atomic E-state index is 13.7. The number of rotatable bonds is 3. The van der Waals surface area contributed by atoms with Crippen LogP contribution >= 0.6 is 0 Å². The summed E-state index contributed by atoms with van der Waals surface area (Å²) in [5.74, 6) is -2.55. The van der Waals surface area contributed by atoms with E-state index in [0.717, 1.165) is 17.0 Å². The lowest BCUT2D eigenvalue weighted by Gasteiger charge is -2.25. The third-order valence-electron chi connectivity index (χ3n) is 2.40. The summed E-state index contributed by atoms with van der Waals surface area (Å²) in [6.45, 7) is 6.27. The Bertz CT molecular complexity index is 524. The number of halogens is 2. The molecule has 0 unspecified atom stereocenters. The molecule has 0 aromatic heterocycles. The molecule has 0 spiro atoms. The summed E-state index contributed by atoms with van der Waals surface area (Å²) in [5, 5.41) is 2.68. The second kappa shape index (κ2) is 5.98. The van der Waals surface area contributed by atoms with Gasteiger partial charge in [0, 0.05) is 18.5 Å². The zero-order chi connectivity index (χ0) is 15.5. The van der Waals surface area contributed by atoms with Crippen LogP contribution < -0.4 is 10.2 Å². The maximum absolute atomic E-state index is 13.7. The molecule has 2 amide bonds. The van der Waals surface area contributed by atoms with Crippen LogP contribution in [0.3, 0.4) is 0 Å². The average Bonchev–Trinajstić information content (AvgIpc) is 2.23. The van der Waals surface area contributed by atoms with Gasteiger partial charge in [-0.1, -0.05) is 0 Å². The Hall–Kier alpha value is -1.98. The highest BCUT2D eigenvalue weighted by atomic mass is 19.1. The zero-order valence-corrected chi connectivity index (χ0v) is 12.0. The van der Waals surface area contributed by atoms with E-state index >= 15 is 0 Å². The molecule has 0 radical (unpaired) electrons. The summed E-state index contributed by atoms with van der Waals surface area (Å²) in [7, 11) is 0. The van der Waals surface area contributed by atoms with Crippen molar-refractivity contribution in [2.75, 3.05) is 11.4 Å². The summed E-state index contributed by atoms with van der Waals surface area (Å²) in [6, 6.07) is 2.85. The van der Waals surface area contributed by atoms with E-state index < -0.39 is 29.0 Å². The predicted octanol–water partition coefficient (Wildman–Crippen LogP) is 2.23. The first-order valence-electron chi connectivity index (χ1n) is 6.14. The van der Waals surface area contributed by atoms with E-state index in [1.807, 2.05) is 0 Å². The number of nitrogens with one attached hydrogen (secondary N) is 1. The van der Waals surface area contributed by atoms with E-state index in [9.17, 15) is 18.4 Å². The number of carbonyl (C=O) groups is 2. The number of nitrogens with zero attached hydrogens (tertiary/aromatic N) is 1. The minimum atomic E-state index is -0.885. The molecule has 6 heteroatoms. The second-order valence-corrected chi connectivity index (χ2v) is 5.50. The highest BCUT2D eigenvalue weighted by molar-refractivity contribution is 5.97. The first-order chi connectivity index (χ1) is 9.10. The molecule has 20 heavy (non-hydrogen) atoms. The molecule has 1 aromatic carbocycles. The van der Waals surface area contributed by atoms with Crippen LogP contribution in [0.2, 0.25) is 0 Å². The first kappa shape index (κ1) is 16.1. The molecule has 4 nitrogen and oxygen atoms in total. The van der Waals surface area contributed by atoms with Gasteiger partial charge in [-0.05, 0) is 32.9 Å². The average molecular weight is 284 g/mol. The molecule has 1 N–H and O–H groups in total. The van der Waals surface area contributed by atoms with E-state index in [0.29, 0.717) is 6.07 Å². The zero-order valence-electron chi connectivity index (χ0n) is 12.0. The lowest BCUT2D eigenvalue weighted by atomic mass is 10.1. The molecule has 0 aliphatic rings. The van der Waals surface area contributed by atoms with Crippen molar-refractivity contribution in [2.24, 2.45) is 0 Å². The van der Waals surface area contributed by atoms with Crippen LogP contribution in [0.15, 0.2) is 18.2 Å². The third kappa shape index (κ3) is 4.60. The van der Waals surface area contributed by atoms with Crippen molar-refractivity contribution in [1.29, 1.82) is 0 Å². The number of hydrogen-bond donors (Lipinski definition) is 1. The van der Waals surface area contributed by atoms with Crippen molar-refractivity contribution in [3.8, 4) is 0 Å². The number of amides is 2. The summed E-state index contributed by atoms with van der Waals surface area (Å²) in [6.07, 6.45) is 0. The quantitative estimate of drug-likeness (QED) is 0.925. The smallest absolute Gasteiger partial charge is 0.240 e. The Kier molecular flexibility index (Phi) is 4.81. The lowest BCUT2D eigenvalue weighted by Crippen LogP contribution is -2.47. The summed E-state index contributed by atoms with van der Waals surface area (Å²) < 4.78 is 26.6. The highest BCUT2D eigenvalue weighted by Gasteiger charge is 2.21. The fraction of sp³-hybridized carbons (Fsp3) is 0.429. The molecule has 1 rings (SSSR count). The van der Waals surface area contributed by atoms with Crippen molar-refractivity contribution in [3.05, 3.63) is 29.8 Å². The molecule has 0 aliphatic heterocycles. The van der Waals surface area contributed by atoms with Crippen molar-refractivity contribution < 1.29 is 18.4 Å². The first-order valence-corrected chi connectivity index (χ1v) is 6.14. The summed E-state index contributed by atoms with van der Waals surface area (Å²) in [4.78, 5) is 24.4. The Balaban J connectivity index is 2.96. The topological polar surface area (TPSA) is 49.4 Å². The van der Waals surface area contributed by atoms with Gasteiger partial charge in [0.15, 0.2) is 0 Å². The molecular weight excluding hydrogens is 266 g/mol. The predicted molar refractivity (Wildman–Crippen MR) is 72.3 cm³/mol. The van der Waals surface area contributed by atoms with E-state index in [4.69, 9.17) is 0 Å². The van der Waals surface area contributed by atoms with Gasteiger partial charge in [-0.3, -0.25) is 9.59 Å². The van der Waals surface area contributed by atoms with Gasteiger partial charge in [0.2, 0.25) is 11.8 Å². The summed E-state index contributed by atoms with van der Waals surface area (Å²) in [5.41, 5.74) is -0.580. The number of hydrogen-bond acceptors (Lipinski definition) is 2. The Labute approximate surface area is 116 Å². The SMILES string of the molecule is CC(=O)N(CC(=O)NC(C)(C)C)c1ccc(F)cc1F. The van der Waals surface area contributed by atoms with Gasteiger partial charge in [-0.2, -0.15) is 0 Å². The van der Waals surface area contributed by atoms with Crippen LogP contribution in [-0.2, 0) is 9.59 Å². The van der Waals surface area contributed by atoms with Gasteiger partial charge in [0.25, 0.3) is 0 Å². The highest BCUT2D eigenvalue weighted by Crippen LogP contribution is 2.20. The summed E-state index contributed by atoms with van der Waals surface area (Å²) >= 11 is 0. The largest absolute Gasteiger partial charge is 0.350 e. The van der Waals surface area contributed by atoms with Crippen molar-refractivity contribution >= 4 is 17.5 Å². The second-order valence-electron chi connectivity index (χ2n) is 5.50. The van der Waals surface area contributed by atoms with Crippen LogP contribution in [0.4, 0.5) is 14.5 Å². The van der Waals surface area contributed by atoms with Gasteiger partial charge >= 0.3 is 0 Å². The Morgan fingerprint density at radius 2 is 1.85 bits per heavy atom. The monoisotopic (exact) mass is 284 g/mol. The Morgan fingerprint density at radius 3 is 2.30 bits per heavy atom. The fourth-order valence-corrected chi connectivity index (χ4v) is 1.67. The standard InChI is InChI=1S/C14H18F2N2O2/c1-9(19)18(8-13(20)17-14(2,3)4)12-6-5-10(15)7-11(12)16/h5-7H,8H2,1-4H3,(H,17,20). The van der Waals surface area contributed by atoms with Crippen LogP contribution in [0, 0.1) is 11.6 Å². The van der Waals surface area contributed by atoms with Gasteiger partial charge in [-0.25, -0.2) is 8.78 Å². The molecule has 0 fully saturated rings. The van der Waals surface area contributed by atoms with E-state index in [-0.39, 0.29) is 12.2 Å². The third-order valence-corrected chi connectivity index (χ3v) is 2.40. The van der Waals surface area contributed by atoms with Gasteiger partial charge in [0.05, 0.1) is 5.69 Å². The molecule has 0 heterocycles. The van der Waals surface area contributed by atoms with Crippen LogP contribution in [0.1, 0.15) is 27.7 Å². The molecule has 0 atom stereocenters. The van der Waals surface area contributed by atoms with Crippen molar-refractivity contribution in [2.45, 2.75) is 33.2 Å². The number of carbonyl (C=O) groups excluding carboxylic acids is 2. The molecule has 0 aliphatic carbocycles. The van der Waals surface area contributed by atoms with Crippen molar-refractivity contribution in [1.82, 2.24) is 5.32 Å². The number of benzene rings is 1. The van der Waals surface area contributed by atoms with Gasteiger partial charge < -0.3 is 10.2 Å². The van der Waals surface area contributed by atoms with E-state index in [2.05, 4.69) is 5.32 Å². The van der Waals surface area contributed by atoms with Gasteiger partial charge in [0.1, 0.15) is 18.2 Å².